The lowest BCUT2D eigenvalue weighted by molar-refractivity contribution is 0.0712. The van der Waals surface area contributed by atoms with E-state index in [1.807, 2.05) is 49.3 Å². The second kappa shape index (κ2) is 6.94. The maximum atomic E-state index is 13.2. The molecule has 2 aliphatic rings. The SMILES string of the molecule is CN(C)c1cccc(C(=O)N2CCC3CCN(c4ccncn4)CC32)c1. The van der Waals surface area contributed by atoms with Crippen LogP contribution >= 0.6 is 0 Å². The van der Waals surface area contributed by atoms with Gasteiger partial charge < -0.3 is 14.7 Å². The molecule has 2 unspecified atom stereocenters. The molecule has 0 bridgehead atoms. The van der Waals surface area contributed by atoms with Crippen molar-refractivity contribution in [2.75, 3.05) is 43.5 Å². The summed E-state index contributed by atoms with van der Waals surface area (Å²) in [5.41, 5.74) is 1.83. The molecule has 6 nitrogen and oxygen atoms in total. The second-order valence-electron chi connectivity index (χ2n) is 7.36. The van der Waals surface area contributed by atoms with Gasteiger partial charge in [0.05, 0.1) is 6.04 Å². The molecule has 1 amide bonds. The number of hydrogen-bond donors (Lipinski definition) is 0. The van der Waals surface area contributed by atoms with E-state index in [9.17, 15) is 4.79 Å². The van der Waals surface area contributed by atoms with E-state index in [1.54, 1.807) is 12.5 Å². The number of nitrogens with zero attached hydrogens (tertiary/aromatic N) is 5. The van der Waals surface area contributed by atoms with Gasteiger partial charge in [0, 0.05) is 51.2 Å². The van der Waals surface area contributed by atoms with Crippen LogP contribution in [0.1, 0.15) is 23.2 Å². The largest absolute Gasteiger partial charge is 0.378 e. The smallest absolute Gasteiger partial charge is 0.254 e. The molecule has 1 aromatic carbocycles. The van der Waals surface area contributed by atoms with Gasteiger partial charge in [-0.05, 0) is 43.0 Å². The Morgan fingerprint density at radius 2 is 2.04 bits per heavy atom. The van der Waals surface area contributed by atoms with Crippen molar-refractivity contribution >= 4 is 17.4 Å². The van der Waals surface area contributed by atoms with Crippen LogP contribution in [0.25, 0.3) is 0 Å². The number of piperidine rings is 1. The van der Waals surface area contributed by atoms with E-state index in [0.717, 1.165) is 49.5 Å². The van der Waals surface area contributed by atoms with Crippen LogP contribution in [0.3, 0.4) is 0 Å². The van der Waals surface area contributed by atoms with Gasteiger partial charge in [0.1, 0.15) is 12.1 Å². The first-order valence-corrected chi connectivity index (χ1v) is 9.23. The number of amides is 1. The summed E-state index contributed by atoms with van der Waals surface area (Å²) in [5.74, 6) is 1.69. The molecule has 2 aromatic rings. The maximum Gasteiger partial charge on any atom is 0.254 e. The molecule has 2 atom stereocenters. The molecule has 0 N–H and O–H groups in total. The number of likely N-dealkylation sites (tertiary alicyclic amines) is 1. The van der Waals surface area contributed by atoms with Crippen LogP contribution in [0.2, 0.25) is 0 Å². The van der Waals surface area contributed by atoms with Crippen molar-refractivity contribution in [3.05, 3.63) is 48.4 Å². The number of aromatic nitrogens is 2. The highest BCUT2D eigenvalue weighted by Gasteiger charge is 2.41. The fraction of sp³-hybridized carbons (Fsp3) is 0.450. The van der Waals surface area contributed by atoms with Crippen LogP contribution in [0.15, 0.2) is 42.9 Å². The van der Waals surface area contributed by atoms with Crippen molar-refractivity contribution in [2.24, 2.45) is 5.92 Å². The summed E-state index contributed by atoms with van der Waals surface area (Å²) in [6.07, 6.45) is 5.57. The van der Waals surface area contributed by atoms with E-state index in [1.165, 1.54) is 0 Å². The van der Waals surface area contributed by atoms with Gasteiger partial charge in [0.25, 0.3) is 5.91 Å². The van der Waals surface area contributed by atoms with Crippen LogP contribution in [-0.4, -0.2) is 60.5 Å². The minimum Gasteiger partial charge on any atom is -0.378 e. The molecule has 2 saturated heterocycles. The van der Waals surface area contributed by atoms with Crippen LogP contribution in [0.5, 0.6) is 0 Å². The number of benzene rings is 1. The highest BCUT2D eigenvalue weighted by Crippen LogP contribution is 2.34. The third-order valence-corrected chi connectivity index (χ3v) is 5.62. The summed E-state index contributed by atoms with van der Waals surface area (Å²) in [6.45, 7) is 2.69. The quantitative estimate of drug-likeness (QED) is 0.849. The zero-order valence-electron chi connectivity index (χ0n) is 15.4. The molecule has 1 aromatic heterocycles. The topological polar surface area (TPSA) is 52.6 Å². The van der Waals surface area contributed by atoms with E-state index >= 15 is 0 Å². The van der Waals surface area contributed by atoms with Crippen LogP contribution in [0, 0.1) is 5.92 Å². The van der Waals surface area contributed by atoms with E-state index in [0.29, 0.717) is 5.92 Å². The number of fused-ring (bicyclic) bond motifs is 1. The highest BCUT2D eigenvalue weighted by atomic mass is 16.2. The molecular formula is C20H25N5O. The van der Waals surface area contributed by atoms with Gasteiger partial charge in [-0.25, -0.2) is 9.97 Å². The number of anilines is 2. The fourth-order valence-electron chi connectivity index (χ4n) is 4.15. The van der Waals surface area contributed by atoms with Crippen molar-refractivity contribution < 1.29 is 4.79 Å². The Labute approximate surface area is 154 Å². The first-order chi connectivity index (χ1) is 12.6. The Hall–Kier alpha value is -2.63. The fourth-order valence-corrected chi connectivity index (χ4v) is 4.15. The summed E-state index contributed by atoms with van der Waals surface area (Å²) in [6, 6.07) is 10.1. The summed E-state index contributed by atoms with van der Waals surface area (Å²) >= 11 is 0. The van der Waals surface area contributed by atoms with Crippen molar-refractivity contribution in [1.29, 1.82) is 0 Å². The number of carbonyl (C=O) groups is 1. The zero-order chi connectivity index (χ0) is 18.1. The van der Waals surface area contributed by atoms with Gasteiger partial charge in [-0.1, -0.05) is 6.07 Å². The standard InChI is InChI=1S/C20H25N5O/c1-23(2)17-5-3-4-16(12-17)20(26)25-11-8-15-7-10-24(13-18(15)25)19-6-9-21-14-22-19/h3-6,9,12,14-15,18H,7-8,10-11,13H2,1-2H3. The van der Waals surface area contributed by atoms with E-state index in [2.05, 4.69) is 19.8 Å². The molecule has 26 heavy (non-hydrogen) atoms. The van der Waals surface area contributed by atoms with Gasteiger partial charge >= 0.3 is 0 Å². The summed E-state index contributed by atoms with van der Waals surface area (Å²) < 4.78 is 0. The van der Waals surface area contributed by atoms with Gasteiger partial charge in [-0.2, -0.15) is 0 Å². The van der Waals surface area contributed by atoms with Crippen molar-refractivity contribution in [3.63, 3.8) is 0 Å². The third kappa shape index (κ3) is 3.11. The molecular weight excluding hydrogens is 326 g/mol. The number of carbonyl (C=O) groups excluding carboxylic acids is 1. The molecule has 3 heterocycles. The lowest BCUT2D eigenvalue weighted by Gasteiger charge is -2.39. The average molecular weight is 351 g/mol. The van der Waals surface area contributed by atoms with E-state index in [-0.39, 0.29) is 11.9 Å². The van der Waals surface area contributed by atoms with Crippen molar-refractivity contribution in [1.82, 2.24) is 14.9 Å². The normalized spacial score (nSPS) is 22.2. The minimum atomic E-state index is 0.144. The zero-order valence-corrected chi connectivity index (χ0v) is 15.4. The minimum absolute atomic E-state index is 0.144. The molecule has 0 aliphatic carbocycles. The second-order valence-corrected chi connectivity index (χ2v) is 7.36. The summed E-state index contributed by atoms with van der Waals surface area (Å²) in [5, 5.41) is 0. The lowest BCUT2D eigenvalue weighted by atomic mass is 9.92. The third-order valence-electron chi connectivity index (χ3n) is 5.62. The Bertz CT molecular complexity index is 779. The number of hydrogen-bond acceptors (Lipinski definition) is 5. The molecule has 0 saturated carbocycles. The predicted molar refractivity (Wildman–Crippen MR) is 103 cm³/mol. The maximum absolute atomic E-state index is 13.2. The molecule has 0 spiro atoms. The van der Waals surface area contributed by atoms with Crippen molar-refractivity contribution in [3.8, 4) is 0 Å². The van der Waals surface area contributed by atoms with Crippen LogP contribution in [0.4, 0.5) is 11.5 Å². The van der Waals surface area contributed by atoms with Crippen molar-refractivity contribution in [2.45, 2.75) is 18.9 Å². The van der Waals surface area contributed by atoms with Crippen LogP contribution < -0.4 is 9.80 Å². The average Bonchev–Trinajstić information content (AvgIpc) is 3.11. The monoisotopic (exact) mass is 351 g/mol. The van der Waals surface area contributed by atoms with Gasteiger partial charge in [0.15, 0.2) is 0 Å². The Kier molecular flexibility index (Phi) is 4.49. The van der Waals surface area contributed by atoms with E-state index < -0.39 is 0 Å². The molecule has 0 radical (unpaired) electrons. The Balaban J connectivity index is 1.54. The van der Waals surface area contributed by atoms with Gasteiger partial charge in [-0.3, -0.25) is 4.79 Å². The molecule has 2 fully saturated rings. The summed E-state index contributed by atoms with van der Waals surface area (Å²) in [7, 11) is 3.99. The summed E-state index contributed by atoms with van der Waals surface area (Å²) in [4.78, 5) is 28.0. The lowest BCUT2D eigenvalue weighted by Crippen LogP contribution is -2.50. The molecule has 6 heteroatoms. The Morgan fingerprint density at radius 3 is 2.81 bits per heavy atom. The molecule has 4 rings (SSSR count). The first kappa shape index (κ1) is 16.8. The highest BCUT2D eigenvalue weighted by molar-refractivity contribution is 5.95. The van der Waals surface area contributed by atoms with Gasteiger partial charge in [0.2, 0.25) is 0 Å². The Morgan fingerprint density at radius 1 is 1.19 bits per heavy atom. The number of rotatable bonds is 3. The predicted octanol–water partition coefficient (Wildman–Crippen LogP) is 2.28. The molecule has 2 aliphatic heterocycles. The van der Waals surface area contributed by atoms with Crippen LogP contribution in [-0.2, 0) is 0 Å². The first-order valence-electron chi connectivity index (χ1n) is 9.23. The van der Waals surface area contributed by atoms with Gasteiger partial charge in [-0.15, -0.1) is 0 Å². The molecule has 136 valence electrons. The van der Waals surface area contributed by atoms with E-state index in [4.69, 9.17) is 0 Å².